The van der Waals surface area contributed by atoms with Crippen molar-refractivity contribution in [3.05, 3.63) is 41.5 Å². The molecular weight excluding hydrogens is 447 g/mol. The second-order valence-electron chi connectivity index (χ2n) is 8.97. The van der Waals surface area contributed by atoms with Crippen molar-refractivity contribution < 1.29 is 42.7 Å². The number of halogens is 1. The van der Waals surface area contributed by atoms with Crippen molar-refractivity contribution in [2.75, 3.05) is 21.0 Å². The minimum Gasteiger partial charge on any atom is -0.497 e. The number of rotatable bonds is 4. The van der Waals surface area contributed by atoms with Crippen LogP contribution in [0.4, 0.5) is 4.39 Å². The molecule has 2 aliphatic rings. The molecule has 0 aromatic heterocycles. The molecule has 5 unspecified atom stereocenters. The van der Waals surface area contributed by atoms with Gasteiger partial charge < -0.3 is 33.5 Å². The molecule has 188 valence electrons. The van der Waals surface area contributed by atoms with Gasteiger partial charge in [-0.2, -0.15) is 0 Å². The SMILES string of the molecule is COCOc1cc(OC)cc2c1C(=O)OC(C)C(C)(F)C=CC(O)C1OC(C)(C)OC1CC=C2. The van der Waals surface area contributed by atoms with Crippen LogP contribution in [-0.2, 0) is 18.9 Å². The number of cyclic esters (lactones) is 1. The van der Waals surface area contributed by atoms with E-state index >= 15 is 4.39 Å². The number of fused-ring (bicyclic) bond motifs is 2. The van der Waals surface area contributed by atoms with Crippen LogP contribution in [0.5, 0.6) is 11.5 Å². The Bertz CT molecular complexity index is 939. The molecule has 1 aromatic carbocycles. The number of aliphatic hydroxyl groups excluding tert-OH is 1. The van der Waals surface area contributed by atoms with Gasteiger partial charge in [-0.05, 0) is 51.8 Å². The molecule has 2 aliphatic heterocycles. The number of ether oxygens (including phenoxy) is 6. The normalized spacial score (nSPS) is 31.2. The van der Waals surface area contributed by atoms with Crippen molar-refractivity contribution in [1.82, 2.24) is 0 Å². The van der Waals surface area contributed by atoms with Gasteiger partial charge in [-0.15, -0.1) is 0 Å². The molecule has 0 spiro atoms. The van der Waals surface area contributed by atoms with E-state index in [9.17, 15) is 9.90 Å². The Morgan fingerprint density at radius 2 is 1.94 bits per heavy atom. The summed E-state index contributed by atoms with van der Waals surface area (Å²) in [7, 11) is 2.95. The van der Waals surface area contributed by atoms with Gasteiger partial charge in [0.1, 0.15) is 35.4 Å². The topological polar surface area (TPSA) is 92.7 Å². The maximum absolute atomic E-state index is 15.4. The van der Waals surface area contributed by atoms with Gasteiger partial charge in [-0.3, -0.25) is 0 Å². The number of alkyl halides is 1. The van der Waals surface area contributed by atoms with Crippen molar-refractivity contribution in [2.45, 2.75) is 70.0 Å². The van der Waals surface area contributed by atoms with Crippen molar-refractivity contribution in [1.29, 1.82) is 0 Å². The summed E-state index contributed by atoms with van der Waals surface area (Å²) >= 11 is 0. The van der Waals surface area contributed by atoms with Crippen LogP contribution in [0.25, 0.3) is 6.08 Å². The summed E-state index contributed by atoms with van der Waals surface area (Å²) in [6, 6.07) is 3.19. The minimum absolute atomic E-state index is 0.110. The van der Waals surface area contributed by atoms with Crippen LogP contribution in [0.2, 0.25) is 0 Å². The Kier molecular flexibility index (Phi) is 8.02. The number of carbonyl (C=O) groups is 1. The first-order valence-electron chi connectivity index (χ1n) is 11.1. The third kappa shape index (κ3) is 5.96. The van der Waals surface area contributed by atoms with Gasteiger partial charge >= 0.3 is 5.97 Å². The minimum atomic E-state index is -2.07. The van der Waals surface area contributed by atoms with Crippen LogP contribution in [0.1, 0.15) is 50.0 Å². The molecule has 1 aromatic rings. The summed E-state index contributed by atoms with van der Waals surface area (Å²) in [5.41, 5.74) is -1.51. The van der Waals surface area contributed by atoms with Gasteiger partial charge in [-0.25, -0.2) is 9.18 Å². The molecular formula is C25H33FO8. The van der Waals surface area contributed by atoms with Crippen molar-refractivity contribution in [2.24, 2.45) is 0 Å². The van der Waals surface area contributed by atoms with E-state index in [4.69, 9.17) is 28.4 Å². The highest BCUT2D eigenvalue weighted by molar-refractivity contribution is 5.97. The monoisotopic (exact) mass is 480 g/mol. The molecule has 0 radical (unpaired) electrons. The van der Waals surface area contributed by atoms with E-state index in [0.717, 1.165) is 0 Å². The van der Waals surface area contributed by atoms with Crippen LogP contribution in [0.3, 0.4) is 0 Å². The number of benzene rings is 1. The Labute approximate surface area is 199 Å². The predicted octanol–water partition coefficient (Wildman–Crippen LogP) is 3.81. The van der Waals surface area contributed by atoms with E-state index in [1.165, 1.54) is 46.3 Å². The molecule has 1 saturated heterocycles. The lowest BCUT2D eigenvalue weighted by Gasteiger charge is -2.26. The maximum atomic E-state index is 15.4. The van der Waals surface area contributed by atoms with Gasteiger partial charge in [-0.1, -0.05) is 18.2 Å². The number of aliphatic hydroxyl groups is 1. The third-order valence-corrected chi connectivity index (χ3v) is 5.80. The van der Waals surface area contributed by atoms with Crippen molar-refractivity contribution in [3.8, 4) is 11.5 Å². The third-order valence-electron chi connectivity index (χ3n) is 5.80. The largest absolute Gasteiger partial charge is 0.497 e. The predicted molar refractivity (Wildman–Crippen MR) is 123 cm³/mol. The number of methoxy groups -OCH3 is 2. The first-order chi connectivity index (χ1) is 16.0. The molecule has 0 saturated carbocycles. The Balaban J connectivity index is 2.10. The zero-order valence-electron chi connectivity index (χ0n) is 20.4. The zero-order chi connectivity index (χ0) is 25.1. The van der Waals surface area contributed by atoms with Crippen LogP contribution in [0, 0.1) is 0 Å². The van der Waals surface area contributed by atoms with E-state index in [-0.39, 0.29) is 18.1 Å². The van der Waals surface area contributed by atoms with Gasteiger partial charge in [0.2, 0.25) is 0 Å². The summed E-state index contributed by atoms with van der Waals surface area (Å²) in [6.45, 7) is 6.10. The highest BCUT2D eigenvalue weighted by Crippen LogP contribution is 2.35. The molecule has 3 rings (SSSR count). The van der Waals surface area contributed by atoms with Gasteiger partial charge in [0.25, 0.3) is 0 Å². The average Bonchev–Trinajstić information content (AvgIpc) is 3.09. The molecule has 0 amide bonds. The lowest BCUT2D eigenvalue weighted by atomic mass is 9.97. The summed E-state index contributed by atoms with van der Waals surface area (Å²) in [5, 5.41) is 10.7. The summed E-state index contributed by atoms with van der Waals surface area (Å²) in [5.74, 6) is -1.06. The Morgan fingerprint density at radius 3 is 2.62 bits per heavy atom. The maximum Gasteiger partial charge on any atom is 0.342 e. The van der Waals surface area contributed by atoms with E-state index in [2.05, 4.69) is 0 Å². The lowest BCUT2D eigenvalue weighted by Crippen LogP contribution is -2.37. The summed E-state index contributed by atoms with van der Waals surface area (Å²) in [6.07, 6.45) is 2.87. The van der Waals surface area contributed by atoms with Gasteiger partial charge in [0, 0.05) is 13.2 Å². The summed E-state index contributed by atoms with van der Waals surface area (Å²) in [4.78, 5) is 13.2. The first-order valence-corrected chi connectivity index (χ1v) is 11.1. The van der Waals surface area contributed by atoms with E-state index in [0.29, 0.717) is 17.7 Å². The number of carbonyl (C=O) groups excluding carboxylic acids is 1. The fourth-order valence-corrected chi connectivity index (χ4v) is 3.85. The average molecular weight is 481 g/mol. The first kappa shape index (κ1) is 26.2. The number of hydrogen-bond donors (Lipinski definition) is 1. The zero-order valence-corrected chi connectivity index (χ0v) is 20.4. The Hall–Kier alpha value is -2.46. The highest BCUT2D eigenvalue weighted by atomic mass is 19.1. The van der Waals surface area contributed by atoms with Crippen LogP contribution >= 0.6 is 0 Å². The van der Waals surface area contributed by atoms with Crippen LogP contribution in [-0.4, -0.2) is 68.0 Å². The fraction of sp³-hybridized carbons (Fsp3) is 0.560. The van der Waals surface area contributed by atoms with E-state index < -0.39 is 41.8 Å². The molecule has 1 fully saturated rings. The van der Waals surface area contributed by atoms with Crippen LogP contribution < -0.4 is 9.47 Å². The second-order valence-corrected chi connectivity index (χ2v) is 8.97. The van der Waals surface area contributed by atoms with E-state index in [1.807, 2.05) is 0 Å². The molecule has 34 heavy (non-hydrogen) atoms. The van der Waals surface area contributed by atoms with Crippen molar-refractivity contribution in [3.63, 3.8) is 0 Å². The van der Waals surface area contributed by atoms with Crippen LogP contribution in [0.15, 0.2) is 30.4 Å². The Morgan fingerprint density at radius 1 is 1.21 bits per heavy atom. The highest BCUT2D eigenvalue weighted by Gasteiger charge is 2.44. The standard InChI is InChI=1S/C25H33FO8/c1-15-25(4,26)11-10-18(27)22-19(33-24(2,3)34-22)9-7-8-16-12-17(30-6)13-20(31-14-29-5)21(16)23(28)32-15/h7-8,10-13,15,18-19,22,27H,9,14H2,1-6H3. The molecule has 0 bridgehead atoms. The molecule has 2 heterocycles. The second kappa shape index (κ2) is 10.4. The van der Waals surface area contributed by atoms with Gasteiger partial charge in [0.05, 0.1) is 13.2 Å². The lowest BCUT2D eigenvalue weighted by molar-refractivity contribution is -0.152. The van der Waals surface area contributed by atoms with Gasteiger partial charge in [0.15, 0.2) is 18.2 Å². The smallest absolute Gasteiger partial charge is 0.342 e. The van der Waals surface area contributed by atoms with Crippen molar-refractivity contribution >= 4 is 12.0 Å². The number of hydrogen-bond acceptors (Lipinski definition) is 8. The molecule has 9 heteroatoms. The van der Waals surface area contributed by atoms with E-state index in [1.54, 1.807) is 32.1 Å². The fourth-order valence-electron chi connectivity index (χ4n) is 3.85. The quantitative estimate of drug-likeness (QED) is 0.395. The molecule has 8 nitrogen and oxygen atoms in total. The number of esters is 1. The molecule has 5 atom stereocenters. The molecule has 0 aliphatic carbocycles. The molecule has 1 N–H and O–H groups in total. The summed E-state index contributed by atoms with van der Waals surface area (Å²) < 4.78 is 48.7.